The molecule has 2 unspecified atom stereocenters. The highest BCUT2D eigenvalue weighted by molar-refractivity contribution is 5.88. The maximum Gasteiger partial charge on any atom is 0.364 e. The van der Waals surface area contributed by atoms with Gasteiger partial charge in [-0.3, -0.25) is 14.4 Å². The fourth-order valence-corrected chi connectivity index (χ4v) is 2.89. The van der Waals surface area contributed by atoms with E-state index in [4.69, 9.17) is 14.6 Å². The van der Waals surface area contributed by atoms with Gasteiger partial charge in [0.2, 0.25) is 11.5 Å². The maximum absolute atomic E-state index is 12.0. The van der Waals surface area contributed by atoms with Gasteiger partial charge in [-0.05, 0) is 6.92 Å². The topological polar surface area (TPSA) is 200 Å². The highest BCUT2D eigenvalue weighted by Gasteiger charge is 2.59. The molecular formula is C15H23NO11. The molecule has 1 saturated heterocycles. The molecule has 1 heterocycles. The molecule has 0 spiro atoms. The van der Waals surface area contributed by atoms with Crippen molar-refractivity contribution in [1.82, 2.24) is 5.32 Å². The number of ether oxygens (including phenoxy) is 2. The van der Waals surface area contributed by atoms with E-state index >= 15 is 0 Å². The third-order valence-electron chi connectivity index (χ3n) is 4.24. The summed E-state index contributed by atoms with van der Waals surface area (Å²) in [6.07, 6.45) is -6.77. The summed E-state index contributed by atoms with van der Waals surface area (Å²) >= 11 is 0. The number of carboxylic acid groups (broad SMARTS) is 1. The Kier molecular flexibility index (Phi) is 7.02. The van der Waals surface area contributed by atoms with Gasteiger partial charge in [0.1, 0.15) is 12.2 Å². The minimum atomic E-state index is -2.96. The highest BCUT2D eigenvalue weighted by atomic mass is 16.7. The zero-order valence-electron chi connectivity index (χ0n) is 14.9. The van der Waals surface area contributed by atoms with Crippen molar-refractivity contribution >= 4 is 23.6 Å². The largest absolute Gasteiger partial charge is 0.477 e. The Hall–Kier alpha value is -2.12. The second kappa shape index (κ2) is 8.27. The van der Waals surface area contributed by atoms with E-state index in [0.29, 0.717) is 0 Å². The first-order valence-corrected chi connectivity index (χ1v) is 7.89. The van der Waals surface area contributed by atoms with Crippen LogP contribution in [0.2, 0.25) is 0 Å². The molecule has 0 saturated carbocycles. The number of nitrogens with one attached hydrogen (secondary N) is 1. The first-order valence-electron chi connectivity index (χ1n) is 7.89. The lowest BCUT2D eigenvalue weighted by Gasteiger charge is -2.47. The molecule has 0 bridgehead atoms. The predicted octanol–water partition coefficient (Wildman–Crippen LogP) is -3.34. The molecule has 0 aromatic rings. The molecule has 154 valence electrons. The third kappa shape index (κ3) is 4.59. The van der Waals surface area contributed by atoms with Crippen LogP contribution < -0.4 is 5.32 Å². The van der Waals surface area contributed by atoms with Crippen LogP contribution in [0, 0.1) is 0 Å². The average Bonchev–Trinajstić information content (AvgIpc) is 2.53. The van der Waals surface area contributed by atoms with Crippen molar-refractivity contribution < 1.29 is 54.2 Å². The molecule has 6 N–H and O–H groups in total. The number of aliphatic hydroxyl groups is 4. The third-order valence-corrected chi connectivity index (χ3v) is 4.24. The van der Waals surface area contributed by atoms with Crippen LogP contribution >= 0.6 is 0 Å². The molecule has 0 aromatic heterocycles. The van der Waals surface area contributed by atoms with Gasteiger partial charge in [0, 0.05) is 20.3 Å². The van der Waals surface area contributed by atoms with Gasteiger partial charge in [-0.2, -0.15) is 0 Å². The minimum Gasteiger partial charge on any atom is -0.477 e. The number of ketones is 1. The van der Waals surface area contributed by atoms with Crippen molar-refractivity contribution in [3.8, 4) is 0 Å². The van der Waals surface area contributed by atoms with Crippen LogP contribution in [0.15, 0.2) is 0 Å². The standard InChI is InChI=1S/C15H23NO11/c1-6(18)14(5-17,26-8(3)20)12(22)11-10(16-7(2)19)9(21)4-15(25,27-11)13(23)24/h9-12,17,21-22,25H,4-5H2,1-3H3,(H,16,19)(H,23,24)/t9-,10+,11+,12?,14-,15?/m0/s1. The van der Waals surface area contributed by atoms with Crippen molar-refractivity contribution in [2.24, 2.45) is 0 Å². The number of aliphatic carboxylic acids is 1. The smallest absolute Gasteiger partial charge is 0.364 e. The Morgan fingerprint density at radius 2 is 1.85 bits per heavy atom. The summed E-state index contributed by atoms with van der Waals surface area (Å²) in [6.45, 7) is 1.63. The summed E-state index contributed by atoms with van der Waals surface area (Å²) in [5, 5.41) is 51.9. The quantitative estimate of drug-likeness (QED) is 0.236. The van der Waals surface area contributed by atoms with Gasteiger partial charge in [0.25, 0.3) is 5.79 Å². The normalized spacial score (nSPS) is 31.3. The van der Waals surface area contributed by atoms with Crippen molar-refractivity contribution in [2.75, 3.05) is 6.61 Å². The summed E-state index contributed by atoms with van der Waals surface area (Å²) in [4.78, 5) is 46.1. The molecule has 1 amide bonds. The predicted molar refractivity (Wildman–Crippen MR) is 84.0 cm³/mol. The van der Waals surface area contributed by atoms with Crippen LogP contribution in [0.4, 0.5) is 0 Å². The monoisotopic (exact) mass is 393 g/mol. The van der Waals surface area contributed by atoms with E-state index in [1.165, 1.54) is 0 Å². The van der Waals surface area contributed by atoms with Crippen LogP contribution in [0.1, 0.15) is 27.2 Å². The van der Waals surface area contributed by atoms with E-state index in [0.717, 1.165) is 20.8 Å². The number of Topliss-reactive ketones (excluding diaryl/α,β-unsaturated/α-hetero) is 1. The number of aliphatic hydroxyl groups excluding tert-OH is 3. The molecule has 0 aromatic carbocycles. The summed E-state index contributed by atoms with van der Waals surface area (Å²) in [5.41, 5.74) is -2.58. The summed E-state index contributed by atoms with van der Waals surface area (Å²) in [7, 11) is 0. The molecule has 6 atom stereocenters. The number of carbonyl (C=O) groups excluding carboxylic acids is 3. The van der Waals surface area contributed by atoms with Crippen LogP contribution in [-0.2, 0) is 28.7 Å². The van der Waals surface area contributed by atoms with E-state index in [-0.39, 0.29) is 0 Å². The highest BCUT2D eigenvalue weighted by Crippen LogP contribution is 2.34. The number of carboxylic acids is 1. The van der Waals surface area contributed by atoms with Crippen molar-refractivity contribution in [1.29, 1.82) is 0 Å². The first kappa shape index (κ1) is 22.9. The number of rotatable bonds is 7. The van der Waals surface area contributed by atoms with Crippen LogP contribution in [0.5, 0.6) is 0 Å². The molecule has 1 fully saturated rings. The molecular weight excluding hydrogens is 370 g/mol. The number of hydrogen-bond acceptors (Lipinski definition) is 10. The van der Waals surface area contributed by atoms with Gasteiger partial charge in [0.15, 0.2) is 5.78 Å². The van der Waals surface area contributed by atoms with Crippen LogP contribution in [-0.4, -0.2) is 91.5 Å². The van der Waals surface area contributed by atoms with E-state index in [2.05, 4.69) is 5.32 Å². The fraction of sp³-hybridized carbons (Fsp3) is 0.733. The summed E-state index contributed by atoms with van der Waals surface area (Å²) in [5.74, 6) is -7.64. The lowest BCUT2D eigenvalue weighted by molar-refractivity contribution is -0.300. The summed E-state index contributed by atoms with van der Waals surface area (Å²) in [6, 6.07) is -1.49. The van der Waals surface area contributed by atoms with Gasteiger partial charge < -0.3 is 40.3 Å². The Balaban J connectivity index is 3.44. The summed E-state index contributed by atoms with van der Waals surface area (Å²) < 4.78 is 9.79. The second-order valence-corrected chi connectivity index (χ2v) is 6.31. The SMILES string of the molecule is CC(=O)N[C@@H]1[C@@H](O)CC(O)(C(=O)O)O[C@H]1C(O)[C@@](CO)(OC(C)=O)C(C)=O. The average molecular weight is 393 g/mol. The maximum atomic E-state index is 12.0. The van der Waals surface area contributed by atoms with Crippen LogP contribution in [0.25, 0.3) is 0 Å². The molecule has 1 aliphatic rings. The fourth-order valence-electron chi connectivity index (χ4n) is 2.89. The lowest BCUT2D eigenvalue weighted by atomic mass is 9.82. The molecule has 12 nitrogen and oxygen atoms in total. The molecule has 0 radical (unpaired) electrons. The zero-order valence-corrected chi connectivity index (χ0v) is 14.9. The Labute approximate surface area is 153 Å². The van der Waals surface area contributed by atoms with Crippen molar-refractivity contribution in [2.45, 2.75) is 62.9 Å². The van der Waals surface area contributed by atoms with Gasteiger partial charge in [0.05, 0.1) is 18.8 Å². The Bertz CT molecular complexity index is 623. The van der Waals surface area contributed by atoms with E-state index in [1.54, 1.807) is 0 Å². The molecule has 12 heteroatoms. The van der Waals surface area contributed by atoms with E-state index in [1.807, 2.05) is 0 Å². The number of hydrogen-bond donors (Lipinski definition) is 6. The van der Waals surface area contributed by atoms with E-state index < -0.39 is 72.4 Å². The number of amides is 1. The molecule has 27 heavy (non-hydrogen) atoms. The van der Waals surface area contributed by atoms with Crippen LogP contribution in [0.3, 0.4) is 0 Å². The van der Waals surface area contributed by atoms with Gasteiger partial charge in [-0.15, -0.1) is 0 Å². The minimum absolute atomic E-state index is 0.703. The van der Waals surface area contributed by atoms with Gasteiger partial charge in [-0.1, -0.05) is 0 Å². The Morgan fingerprint density at radius 3 is 2.22 bits per heavy atom. The lowest BCUT2D eigenvalue weighted by Crippen LogP contribution is -2.71. The first-order chi connectivity index (χ1) is 12.3. The Morgan fingerprint density at radius 1 is 1.30 bits per heavy atom. The van der Waals surface area contributed by atoms with Crippen molar-refractivity contribution in [3.05, 3.63) is 0 Å². The van der Waals surface area contributed by atoms with Gasteiger partial charge >= 0.3 is 11.9 Å². The second-order valence-electron chi connectivity index (χ2n) is 6.31. The zero-order chi connectivity index (χ0) is 21.2. The number of esters is 1. The molecule has 1 rings (SSSR count). The molecule has 0 aliphatic carbocycles. The van der Waals surface area contributed by atoms with Gasteiger partial charge in [-0.25, -0.2) is 4.79 Å². The molecule has 1 aliphatic heterocycles. The van der Waals surface area contributed by atoms with Crippen molar-refractivity contribution in [3.63, 3.8) is 0 Å². The number of carbonyl (C=O) groups is 4. The van der Waals surface area contributed by atoms with E-state index in [9.17, 15) is 39.6 Å².